The summed E-state index contributed by atoms with van der Waals surface area (Å²) in [6.07, 6.45) is 0.622. The fourth-order valence-corrected chi connectivity index (χ4v) is 4.98. The third-order valence-electron chi connectivity index (χ3n) is 4.40. The molecule has 0 bridgehead atoms. The zero-order valence-corrected chi connectivity index (χ0v) is 23.1. The van der Waals surface area contributed by atoms with Crippen LogP contribution in [0.25, 0.3) is 0 Å². The van der Waals surface area contributed by atoms with Crippen LogP contribution in [0.15, 0.2) is 62.8 Å². The Hall–Kier alpha value is -1.49. The summed E-state index contributed by atoms with van der Waals surface area (Å²) in [4.78, 5) is 0.204. The number of nitrogens with zero attached hydrogens (tertiary/aromatic N) is 2. The Bertz CT molecular complexity index is 1040. The number of hydrogen-bond donors (Lipinski definition) is 0. The average Bonchev–Trinajstić information content (AvgIpc) is 3.49. The Labute approximate surface area is 229 Å². The second-order valence-corrected chi connectivity index (χ2v) is 10.0. The molecular formula is C24H29N2NaO3S3. The molecule has 0 aliphatic rings. The van der Waals surface area contributed by atoms with Gasteiger partial charge in [0.05, 0.1) is 17.6 Å². The third kappa shape index (κ3) is 12.0. The van der Waals surface area contributed by atoms with Crippen LogP contribution >= 0.6 is 22.7 Å². The molecule has 2 aromatic heterocycles. The van der Waals surface area contributed by atoms with Crippen molar-refractivity contribution in [2.24, 2.45) is 0 Å². The maximum absolute atomic E-state index is 12.0. The van der Waals surface area contributed by atoms with Gasteiger partial charge in [-0.05, 0) is 69.8 Å². The van der Waals surface area contributed by atoms with E-state index in [1.54, 1.807) is 46.9 Å². The van der Waals surface area contributed by atoms with Gasteiger partial charge < -0.3 is 11.8 Å². The number of nitriles is 1. The van der Waals surface area contributed by atoms with Gasteiger partial charge in [-0.3, -0.25) is 4.18 Å². The Balaban J connectivity index is 0. The average molecular weight is 513 g/mol. The molecule has 0 saturated heterocycles. The van der Waals surface area contributed by atoms with E-state index in [4.69, 9.17) is 21.3 Å². The molecule has 0 aliphatic heterocycles. The Morgan fingerprint density at radius 2 is 1.45 bits per heavy atom. The molecule has 0 spiro atoms. The van der Waals surface area contributed by atoms with Gasteiger partial charge >= 0.3 is 29.6 Å². The first-order valence-electron chi connectivity index (χ1n) is 9.43. The summed E-state index contributed by atoms with van der Waals surface area (Å²) in [5, 5.41) is 22.8. The van der Waals surface area contributed by atoms with E-state index in [0.717, 1.165) is 11.1 Å². The summed E-state index contributed by atoms with van der Waals surface area (Å²) >= 11 is 3.28. The van der Waals surface area contributed by atoms with Crippen molar-refractivity contribution >= 4 is 32.8 Å². The topological polar surface area (TPSA) is 90.9 Å². The smallest absolute Gasteiger partial charge is 0.512 e. The molecule has 3 rings (SSSR count). The minimum Gasteiger partial charge on any atom is -0.512 e. The number of benzene rings is 1. The molecule has 5 nitrogen and oxygen atoms in total. The van der Waals surface area contributed by atoms with Crippen molar-refractivity contribution in [2.75, 3.05) is 6.61 Å². The van der Waals surface area contributed by atoms with Crippen LogP contribution in [0, 0.1) is 30.1 Å². The first kappa shape index (κ1) is 33.7. The minimum absolute atomic E-state index is 0. The van der Waals surface area contributed by atoms with E-state index in [-0.39, 0.29) is 54.4 Å². The van der Waals surface area contributed by atoms with Gasteiger partial charge in [0.2, 0.25) is 0 Å². The predicted molar refractivity (Wildman–Crippen MR) is 132 cm³/mol. The van der Waals surface area contributed by atoms with Gasteiger partial charge in [-0.15, -0.1) is 0 Å². The molecule has 172 valence electrons. The first-order chi connectivity index (χ1) is 14.8. The molecule has 0 N–H and O–H groups in total. The minimum atomic E-state index is -3.66. The van der Waals surface area contributed by atoms with E-state index >= 15 is 0 Å². The maximum Gasteiger partial charge on any atom is 1.00 e. The van der Waals surface area contributed by atoms with Crippen LogP contribution in [0.2, 0.25) is 0 Å². The third-order valence-corrected chi connectivity index (χ3v) is 7.10. The molecule has 3 aromatic rings. The predicted octanol–water partition coefficient (Wildman–Crippen LogP) is 4.07. The fourth-order valence-electron chi connectivity index (χ4n) is 2.43. The van der Waals surface area contributed by atoms with Gasteiger partial charge in [-0.2, -0.15) is 36.4 Å². The molecule has 0 saturated carbocycles. The second-order valence-electron chi connectivity index (χ2n) is 6.83. The van der Waals surface area contributed by atoms with Crippen molar-refractivity contribution in [3.63, 3.8) is 0 Å². The summed E-state index contributed by atoms with van der Waals surface area (Å²) in [6.45, 7) is 10.8. The van der Waals surface area contributed by atoms with Crippen molar-refractivity contribution in [3.8, 4) is 6.07 Å². The summed E-state index contributed by atoms with van der Waals surface area (Å²) in [5.74, 6) is 0.461. The fraction of sp³-hybridized carbons (Fsp3) is 0.333. The molecule has 0 aliphatic carbocycles. The van der Waals surface area contributed by atoms with Gasteiger partial charge in [0.1, 0.15) is 0 Å². The van der Waals surface area contributed by atoms with Gasteiger partial charge in [0.15, 0.2) is 0 Å². The maximum atomic E-state index is 12.0. The van der Waals surface area contributed by atoms with Crippen molar-refractivity contribution in [3.05, 3.63) is 81.2 Å². The SMILES string of the molecule is C.CC(CC#N)c1ccsc1.Cc1ccc(S(=O)(=O)OCC(C)c2ccsc2)cc1.[C-]#N.[Na+]. The van der Waals surface area contributed by atoms with Crippen molar-refractivity contribution in [1.29, 1.82) is 10.5 Å². The zero-order valence-electron chi connectivity index (χ0n) is 18.7. The molecule has 1 aromatic carbocycles. The van der Waals surface area contributed by atoms with Crippen LogP contribution in [0.5, 0.6) is 0 Å². The second kappa shape index (κ2) is 17.9. The van der Waals surface area contributed by atoms with E-state index in [1.807, 2.05) is 36.1 Å². The normalized spacial score (nSPS) is 11.5. The molecule has 0 radical (unpaired) electrons. The Morgan fingerprint density at radius 1 is 0.970 bits per heavy atom. The van der Waals surface area contributed by atoms with Gasteiger partial charge in [-0.1, -0.05) is 39.0 Å². The number of aryl methyl sites for hydroxylation is 1. The van der Waals surface area contributed by atoms with E-state index in [1.165, 1.54) is 5.56 Å². The Morgan fingerprint density at radius 3 is 1.88 bits per heavy atom. The Kier molecular flexibility index (Phi) is 18.3. The monoisotopic (exact) mass is 512 g/mol. The van der Waals surface area contributed by atoms with E-state index in [2.05, 4.69) is 24.4 Å². The number of hydrogen-bond acceptors (Lipinski definition) is 7. The van der Waals surface area contributed by atoms with Crippen LogP contribution in [-0.2, 0) is 14.3 Å². The van der Waals surface area contributed by atoms with Crippen molar-refractivity contribution in [2.45, 2.75) is 51.3 Å². The largest absolute Gasteiger partial charge is 1.00 e. The number of rotatable bonds is 7. The summed E-state index contributed by atoms with van der Waals surface area (Å²) in [5.41, 5.74) is 3.40. The molecule has 9 heteroatoms. The van der Waals surface area contributed by atoms with Gasteiger partial charge in [-0.25, -0.2) is 0 Å². The summed E-state index contributed by atoms with van der Waals surface area (Å²) in [6, 6.07) is 12.9. The molecule has 33 heavy (non-hydrogen) atoms. The van der Waals surface area contributed by atoms with E-state index in [0.29, 0.717) is 12.3 Å². The quantitative estimate of drug-likeness (QED) is 0.270. The molecule has 2 unspecified atom stereocenters. The zero-order chi connectivity index (χ0) is 23.3. The number of thiophene rings is 2. The van der Waals surface area contributed by atoms with Crippen LogP contribution in [0.4, 0.5) is 0 Å². The van der Waals surface area contributed by atoms with E-state index < -0.39 is 10.1 Å². The first-order valence-corrected chi connectivity index (χ1v) is 12.7. The standard InChI is InChI=1S/C14H16O3S2.C8H9NS.CN.CH4.Na/c1-11-3-5-14(6-4-11)19(15,16)17-9-12(2)13-7-8-18-10-13;1-7(2-4-9)8-3-5-10-6-8;1-2;;/h3-8,10,12H,9H2,1-2H3;3,5-7H,2H2,1H3;;1H4;/q;;-1;;+1. The summed E-state index contributed by atoms with van der Waals surface area (Å²) < 4.78 is 29.1. The van der Waals surface area contributed by atoms with Crippen LogP contribution in [0.3, 0.4) is 0 Å². The molecule has 0 amide bonds. The molecule has 2 atom stereocenters. The molecule has 0 fully saturated rings. The summed E-state index contributed by atoms with van der Waals surface area (Å²) in [7, 11) is -3.66. The van der Waals surface area contributed by atoms with Crippen molar-refractivity contribution in [1.82, 2.24) is 0 Å². The molecular weight excluding hydrogens is 483 g/mol. The van der Waals surface area contributed by atoms with Gasteiger partial charge in [0.25, 0.3) is 10.1 Å². The molecule has 2 heterocycles. The van der Waals surface area contributed by atoms with Crippen LogP contribution < -0.4 is 29.6 Å². The van der Waals surface area contributed by atoms with Crippen LogP contribution in [-0.4, -0.2) is 15.0 Å². The van der Waals surface area contributed by atoms with Crippen molar-refractivity contribution < 1.29 is 42.2 Å². The van der Waals surface area contributed by atoms with Crippen LogP contribution in [0.1, 0.15) is 56.2 Å². The van der Waals surface area contributed by atoms with E-state index in [9.17, 15) is 8.42 Å². The van der Waals surface area contributed by atoms with Gasteiger partial charge in [0, 0.05) is 12.3 Å².